The molecule has 0 saturated heterocycles. The van der Waals surface area contributed by atoms with Gasteiger partial charge in [0.25, 0.3) is 0 Å². The van der Waals surface area contributed by atoms with Gasteiger partial charge in [0.05, 0.1) is 0 Å². The second-order valence-electron chi connectivity index (χ2n) is 7.07. The minimum Gasteiger partial charge on any atom is -0.0986 e. The topological polar surface area (TPSA) is 0 Å². The van der Waals surface area contributed by atoms with E-state index in [0.717, 1.165) is 23.8 Å². The molecular formula is C21H23Cl. The SMILES string of the molecule is C=C1CC(CC)CCC12C1=CC=CCC1c1c(Cl)cccc12. The third kappa shape index (κ3) is 1.77. The molecular weight excluding hydrogens is 288 g/mol. The number of halogens is 1. The van der Waals surface area contributed by atoms with Crippen molar-refractivity contribution in [1.82, 2.24) is 0 Å². The van der Waals surface area contributed by atoms with Gasteiger partial charge in [-0.15, -0.1) is 0 Å². The van der Waals surface area contributed by atoms with Crippen molar-refractivity contribution in [2.45, 2.75) is 50.4 Å². The van der Waals surface area contributed by atoms with Crippen LogP contribution >= 0.6 is 11.6 Å². The Hall–Kier alpha value is -1.27. The van der Waals surface area contributed by atoms with Gasteiger partial charge in [0.15, 0.2) is 0 Å². The third-order valence-electron chi connectivity index (χ3n) is 6.16. The van der Waals surface area contributed by atoms with Crippen molar-refractivity contribution in [2.75, 3.05) is 0 Å². The third-order valence-corrected chi connectivity index (χ3v) is 6.49. The summed E-state index contributed by atoms with van der Waals surface area (Å²) >= 11 is 6.61. The Kier molecular flexibility index (Phi) is 3.34. The van der Waals surface area contributed by atoms with Gasteiger partial charge in [-0.2, -0.15) is 0 Å². The number of hydrogen-bond acceptors (Lipinski definition) is 0. The summed E-state index contributed by atoms with van der Waals surface area (Å²) in [6, 6.07) is 6.47. The predicted molar refractivity (Wildman–Crippen MR) is 94.5 cm³/mol. The van der Waals surface area contributed by atoms with Gasteiger partial charge in [0.2, 0.25) is 0 Å². The molecule has 1 heteroatoms. The van der Waals surface area contributed by atoms with Crippen LogP contribution in [0.3, 0.4) is 0 Å². The second-order valence-corrected chi connectivity index (χ2v) is 7.47. The summed E-state index contributed by atoms with van der Waals surface area (Å²) in [5.74, 6) is 1.27. The molecule has 0 nitrogen and oxygen atoms in total. The van der Waals surface area contributed by atoms with E-state index in [4.69, 9.17) is 11.6 Å². The van der Waals surface area contributed by atoms with Crippen molar-refractivity contribution >= 4 is 11.6 Å². The number of benzene rings is 1. The Morgan fingerprint density at radius 1 is 1.36 bits per heavy atom. The molecule has 3 atom stereocenters. The van der Waals surface area contributed by atoms with E-state index in [1.54, 1.807) is 5.57 Å². The summed E-state index contributed by atoms with van der Waals surface area (Å²) in [5.41, 5.74) is 5.84. The van der Waals surface area contributed by atoms with Crippen molar-refractivity contribution in [3.63, 3.8) is 0 Å². The van der Waals surface area contributed by atoms with Crippen LogP contribution in [0.15, 0.2) is 54.2 Å². The quantitative estimate of drug-likeness (QED) is 0.532. The summed E-state index contributed by atoms with van der Waals surface area (Å²) < 4.78 is 0. The van der Waals surface area contributed by atoms with Gasteiger partial charge >= 0.3 is 0 Å². The van der Waals surface area contributed by atoms with Crippen molar-refractivity contribution in [3.05, 3.63) is 70.3 Å². The van der Waals surface area contributed by atoms with E-state index < -0.39 is 0 Å². The highest BCUT2D eigenvalue weighted by atomic mass is 35.5. The van der Waals surface area contributed by atoms with Crippen LogP contribution in [0.2, 0.25) is 5.02 Å². The lowest BCUT2D eigenvalue weighted by Gasteiger charge is -2.42. The predicted octanol–water partition coefficient (Wildman–Crippen LogP) is 6.33. The molecule has 3 aliphatic rings. The highest BCUT2D eigenvalue weighted by Gasteiger charge is 2.51. The van der Waals surface area contributed by atoms with Crippen LogP contribution in [0.4, 0.5) is 0 Å². The fraction of sp³-hybridized carbons (Fsp3) is 0.429. The van der Waals surface area contributed by atoms with Gasteiger partial charge in [-0.3, -0.25) is 0 Å². The van der Waals surface area contributed by atoms with Crippen LogP contribution in [0.5, 0.6) is 0 Å². The first-order valence-corrected chi connectivity index (χ1v) is 8.90. The van der Waals surface area contributed by atoms with E-state index in [-0.39, 0.29) is 5.41 Å². The van der Waals surface area contributed by atoms with Gasteiger partial charge in [-0.1, -0.05) is 67.5 Å². The summed E-state index contributed by atoms with van der Waals surface area (Å²) in [4.78, 5) is 0. The molecule has 1 aromatic rings. The van der Waals surface area contributed by atoms with Crippen LogP contribution in [0.25, 0.3) is 0 Å². The molecule has 3 unspecified atom stereocenters. The number of allylic oxidation sites excluding steroid dienone is 5. The molecule has 0 N–H and O–H groups in total. The largest absolute Gasteiger partial charge is 0.0986 e. The lowest BCUT2D eigenvalue weighted by atomic mass is 9.61. The molecule has 22 heavy (non-hydrogen) atoms. The fourth-order valence-electron chi connectivity index (χ4n) is 5.01. The maximum absolute atomic E-state index is 6.61. The van der Waals surface area contributed by atoms with Crippen molar-refractivity contribution in [1.29, 1.82) is 0 Å². The minimum absolute atomic E-state index is 0.0569. The molecule has 0 aromatic heterocycles. The molecule has 1 saturated carbocycles. The van der Waals surface area contributed by atoms with Gasteiger partial charge in [-0.05, 0) is 54.4 Å². The fourth-order valence-corrected chi connectivity index (χ4v) is 5.31. The maximum Gasteiger partial charge on any atom is 0.0447 e. The summed E-state index contributed by atoms with van der Waals surface area (Å²) in [6.45, 7) is 6.87. The Balaban J connectivity index is 1.92. The van der Waals surface area contributed by atoms with E-state index in [9.17, 15) is 0 Å². The zero-order valence-electron chi connectivity index (χ0n) is 13.2. The zero-order chi connectivity index (χ0) is 15.3. The van der Waals surface area contributed by atoms with Crippen LogP contribution < -0.4 is 0 Å². The first-order valence-electron chi connectivity index (χ1n) is 8.52. The number of rotatable bonds is 1. The Morgan fingerprint density at radius 3 is 3.00 bits per heavy atom. The van der Waals surface area contributed by atoms with E-state index in [1.165, 1.54) is 36.0 Å². The molecule has 0 amide bonds. The van der Waals surface area contributed by atoms with E-state index in [2.05, 4.69) is 49.9 Å². The molecule has 1 aromatic carbocycles. The zero-order valence-corrected chi connectivity index (χ0v) is 14.0. The van der Waals surface area contributed by atoms with Gasteiger partial charge < -0.3 is 0 Å². The average molecular weight is 311 g/mol. The summed E-state index contributed by atoms with van der Waals surface area (Å²) in [7, 11) is 0. The number of fused-ring (bicyclic) bond motifs is 5. The highest BCUT2D eigenvalue weighted by molar-refractivity contribution is 6.31. The lowest BCUT2D eigenvalue weighted by Crippen LogP contribution is -2.34. The van der Waals surface area contributed by atoms with Crippen LogP contribution in [0.1, 0.15) is 56.1 Å². The number of hydrogen-bond donors (Lipinski definition) is 0. The molecule has 3 aliphatic carbocycles. The average Bonchev–Trinajstić information content (AvgIpc) is 2.83. The Bertz CT molecular complexity index is 694. The van der Waals surface area contributed by atoms with E-state index in [0.29, 0.717) is 5.92 Å². The molecule has 1 spiro atoms. The molecule has 114 valence electrons. The maximum atomic E-state index is 6.61. The molecule has 1 fully saturated rings. The molecule has 4 rings (SSSR count). The molecule has 0 bridgehead atoms. The Labute approximate surface area is 138 Å². The monoisotopic (exact) mass is 310 g/mol. The first kappa shape index (κ1) is 14.3. The van der Waals surface area contributed by atoms with Gasteiger partial charge in [-0.25, -0.2) is 0 Å². The van der Waals surface area contributed by atoms with Crippen molar-refractivity contribution in [2.24, 2.45) is 5.92 Å². The van der Waals surface area contributed by atoms with E-state index in [1.807, 2.05) is 0 Å². The lowest BCUT2D eigenvalue weighted by molar-refractivity contribution is 0.332. The minimum atomic E-state index is 0.0569. The highest BCUT2D eigenvalue weighted by Crippen LogP contribution is 2.62. The molecule has 0 heterocycles. The van der Waals surface area contributed by atoms with E-state index >= 15 is 0 Å². The van der Waals surface area contributed by atoms with Crippen molar-refractivity contribution < 1.29 is 0 Å². The summed E-state index contributed by atoms with van der Waals surface area (Å²) in [5, 5.41) is 0.936. The van der Waals surface area contributed by atoms with Crippen molar-refractivity contribution in [3.8, 4) is 0 Å². The molecule has 0 radical (unpaired) electrons. The van der Waals surface area contributed by atoms with Crippen LogP contribution in [-0.4, -0.2) is 0 Å². The first-order chi connectivity index (χ1) is 10.7. The Morgan fingerprint density at radius 2 is 2.23 bits per heavy atom. The second kappa shape index (κ2) is 5.13. The van der Waals surface area contributed by atoms with Crippen LogP contribution in [0, 0.1) is 5.92 Å². The molecule has 0 aliphatic heterocycles. The van der Waals surface area contributed by atoms with Gasteiger partial charge in [0, 0.05) is 16.4 Å². The standard InChI is InChI=1S/C21H23Cl/c1-3-15-11-12-21(14(2)13-15)17-8-5-4-7-16(17)20-18(21)9-6-10-19(20)22/h4-6,8-10,15-16H,2-3,7,11-13H2,1H3. The smallest absolute Gasteiger partial charge is 0.0447 e. The van der Waals surface area contributed by atoms with Gasteiger partial charge in [0.1, 0.15) is 0 Å². The summed E-state index contributed by atoms with van der Waals surface area (Å²) in [6.07, 6.45) is 12.9. The normalized spacial score (nSPS) is 32.8. The van der Waals surface area contributed by atoms with Crippen LogP contribution in [-0.2, 0) is 5.41 Å².